The van der Waals surface area contributed by atoms with Crippen LogP contribution in [0.2, 0.25) is 0 Å². The molecule has 1 aromatic heterocycles. The molecular weight excluding hydrogens is 475 g/mol. The zero-order valence-corrected chi connectivity index (χ0v) is 20.9. The van der Waals surface area contributed by atoms with E-state index in [0.29, 0.717) is 35.9 Å². The summed E-state index contributed by atoms with van der Waals surface area (Å²) >= 11 is 0. The van der Waals surface area contributed by atoms with E-state index >= 15 is 0 Å². The van der Waals surface area contributed by atoms with Crippen LogP contribution >= 0.6 is 0 Å². The molecule has 11 heteroatoms. The molecule has 2 unspecified atom stereocenters. The number of aliphatic imine (C=N–C) groups is 1. The van der Waals surface area contributed by atoms with Crippen molar-refractivity contribution < 1.29 is 27.4 Å². The number of amidine groups is 1. The maximum absolute atomic E-state index is 13.4. The van der Waals surface area contributed by atoms with Gasteiger partial charge in [-0.1, -0.05) is 12.7 Å². The molecule has 3 rings (SSSR count). The molecular formula is C25H30F3N5O3. The number of nitrogens with one attached hydrogen (secondary N) is 1. The first kappa shape index (κ1) is 27.0. The van der Waals surface area contributed by atoms with E-state index in [4.69, 9.17) is 19.2 Å². The average molecular weight is 506 g/mol. The normalized spacial score (nSPS) is 19.4. The van der Waals surface area contributed by atoms with Crippen LogP contribution in [0.5, 0.6) is 11.8 Å². The number of anilines is 1. The fourth-order valence-electron chi connectivity index (χ4n) is 3.90. The van der Waals surface area contributed by atoms with Gasteiger partial charge in [-0.2, -0.15) is 13.2 Å². The van der Waals surface area contributed by atoms with Gasteiger partial charge in [0, 0.05) is 48.4 Å². The number of ether oxygens (including phenoxy) is 3. The van der Waals surface area contributed by atoms with Crippen molar-refractivity contribution in [1.82, 2.24) is 14.9 Å². The van der Waals surface area contributed by atoms with Crippen LogP contribution in [0.25, 0.3) is 5.57 Å². The molecule has 2 atom stereocenters. The molecule has 1 aliphatic heterocycles. The summed E-state index contributed by atoms with van der Waals surface area (Å²) in [5.74, 6) is 1.01. The molecule has 2 heterocycles. The number of alkyl halides is 3. The molecule has 1 fully saturated rings. The predicted molar refractivity (Wildman–Crippen MR) is 132 cm³/mol. The van der Waals surface area contributed by atoms with Gasteiger partial charge in [0.1, 0.15) is 17.4 Å². The van der Waals surface area contributed by atoms with Crippen LogP contribution in [-0.4, -0.2) is 60.2 Å². The van der Waals surface area contributed by atoms with Crippen molar-refractivity contribution in [2.45, 2.75) is 39.2 Å². The van der Waals surface area contributed by atoms with E-state index in [1.165, 1.54) is 20.3 Å². The quantitative estimate of drug-likeness (QED) is 0.322. The first-order valence-electron chi connectivity index (χ1n) is 11.3. The van der Waals surface area contributed by atoms with Crippen LogP contribution in [0.3, 0.4) is 0 Å². The third-order valence-electron chi connectivity index (χ3n) is 5.35. The second-order valence-electron chi connectivity index (χ2n) is 8.33. The molecule has 1 aromatic carbocycles. The molecule has 1 saturated heterocycles. The maximum atomic E-state index is 13.4. The fraction of sp³-hybridized carbons (Fsp3) is 0.400. The summed E-state index contributed by atoms with van der Waals surface area (Å²) in [5.41, 5.74) is 0.677. The lowest BCUT2D eigenvalue weighted by Crippen LogP contribution is -2.45. The number of rotatable bonds is 7. The summed E-state index contributed by atoms with van der Waals surface area (Å²) in [6, 6.07) is 3.65. The largest absolute Gasteiger partial charge is 0.497 e. The van der Waals surface area contributed by atoms with Crippen LogP contribution in [0.15, 0.2) is 54.1 Å². The number of allylic oxidation sites excluding steroid dienone is 2. The van der Waals surface area contributed by atoms with E-state index in [-0.39, 0.29) is 29.7 Å². The summed E-state index contributed by atoms with van der Waals surface area (Å²) in [6.07, 6.45) is 0.218. The number of halogens is 3. The molecule has 0 bridgehead atoms. The third kappa shape index (κ3) is 6.75. The highest BCUT2D eigenvalue weighted by Crippen LogP contribution is 2.34. The van der Waals surface area contributed by atoms with Crippen LogP contribution in [0.1, 0.15) is 31.9 Å². The number of hydrogen-bond donors (Lipinski definition) is 1. The second-order valence-corrected chi connectivity index (χ2v) is 8.33. The second kappa shape index (κ2) is 11.4. The minimum absolute atomic E-state index is 0.0573. The van der Waals surface area contributed by atoms with Gasteiger partial charge >= 0.3 is 12.2 Å². The maximum Gasteiger partial charge on any atom is 0.416 e. The molecule has 8 nitrogen and oxygen atoms in total. The third-order valence-corrected chi connectivity index (χ3v) is 5.35. The molecule has 0 saturated carbocycles. The van der Waals surface area contributed by atoms with Gasteiger partial charge in [-0.3, -0.25) is 0 Å². The lowest BCUT2D eigenvalue weighted by molar-refractivity contribution is -0.137. The average Bonchev–Trinajstić information content (AvgIpc) is 2.82. The van der Waals surface area contributed by atoms with Gasteiger partial charge in [-0.15, -0.1) is 0 Å². The summed E-state index contributed by atoms with van der Waals surface area (Å²) < 4.78 is 56.1. The molecule has 2 aromatic rings. The Balaban J connectivity index is 2.06. The Hall–Kier alpha value is -3.60. The molecule has 0 aliphatic carbocycles. The predicted octanol–water partition coefficient (Wildman–Crippen LogP) is 5.01. The van der Waals surface area contributed by atoms with Crippen molar-refractivity contribution in [2.24, 2.45) is 4.99 Å². The monoisotopic (exact) mass is 505 g/mol. The number of hydrogen-bond acceptors (Lipinski definition) is 7. The van der Waals surface area contributed by atoms with Crippen LogP contribution < -0.4 is 14.8 Å². The van der Waals surface area contributed by atoms with Crippen molar-refractivity contribution in [3.63, 3.8) is 0 Å². The highest BCUT2D eigenvalue weighted by Gasteiger charge is 2.31. The Kier molecular flexibility index (Phi) is 8.57. The van der Waals surface area contributed by atoms with Gasteiger partial charge in [-0.25, -0.2) is 15.0 Å². The molecule has 1 N–H and O–H groups in total. The smallest absolute Gasteiger partial charge is 0.416 e. The number of nitrogens with zero attached hydrogens (tertiary/aromatic N) is 4. The van der Waals surface area contributed by atoms with Crippen LogP contribution in [-0.2, 0) is 10.9 Å². The number of methoxy groups -OCH3 is 2. The standard InChI is InChI=1S/C25H30F3N5O3/c1-7-22(18-11-29-24(35-6)30-12-18)23(33-13-15(2)36-16(3)14-33)32-17(4)31-20-8-19(25(26,27)28)9-21(10-20)34-5/h7-12,15-16H,1,13-14H2,2-6H3,(H,31,32)/b23-22-. The Labute approximate surface area is 208 Å². The van der Waals surface area contributed by atoms with Crippen molar-refractivity contribution >= 4 is 17.1 Å². The minimum Gasteiger partial charge on any atom is -0.497 e. The van der Waals surface area contributed by atoms with Crippen LogP contribution in [0, 0.1) is 0 Å². The molecule has 0 spiro atoms. The Morgan fingerprint density at radius 2 is 1.78 bits per heavy atom. The van der Waals surface area contributed by atoms with E-state index in [1.807, 2.05) is 13.8 Å². The van der Waals surface area contributed by atoms with E-state index in [2.05, 4.69) is 26.8 Å². The fourth-order valence-corrected chi connectivity index (χ4v) is 3.90. The van der Waals surface area contributed by atoms with Gasteiger partial charge < -0.3 is 24.4 Å². The van der Waals surface area contributed by atoms with Crippen molar-refractivity contribution in [1.29, 1.82) is 0 Å². The number of morpholine rings is 1. The lowest BCUT2D eigenvalue weighted by Gasteiger charge is -2.37. The first-order chi connectivity index (χ1) is 17.0. The highest BCUT2D eigenvalue weighted by molar-refractivity contribution is 5.95. The van der Waals surface area contributed by atoms with Crippen molar-refractivity contribution in [3.8, 4) is 11.8 Å². The van der Waals surface area contributed by atoms with E-state index in [0.717, 1.165) is 12.1 Å². The lowest BCUT2D eigenvalue weighted by atomic mass is 10.1. The molecule has 0 amide bonds. The number of aromatic nitrogens is 2. The van der Waals surface area contributed by atoms with Crippen molar-refractivity contribution in [3.05, 3.63) is 60.2 Å². The SMILES string of the molecule is C=C/C(=C(\N=C(/C)Nc1cc(OC)cc(C(F)(F)F)c1)N1CC(C)OC(C)C1)c1cnc(OC)nc1. The zero-order chi connectivity index (χ0) is 26.5. The summed E-state index contributed by atoms with van der Waals surface area (Å²) in [4.78, 5) is 15.2. The van der Waals surface area contributed by atoms with E-state index < -0.39 is 11.7 Å². The Morgan fingerprint density at radius 1 is 1.14 bits per heavy atom. The first-order valence-corrected chi connectivity index (χ1v) is 11.3. The van der Waals surface area contributed by atoms with E-state index in [1.54, 1.807) is 25.4 Å². The summed E-state index contributed by atoms with van der Waals surface area (Å²) in [6.45, 7) is 10.7. The zero-order valence-electron chi connectivity index (χ0n) is 20.9. The van der Waals surface area contributed by atoms with Gasteiger partial charge in [0.25, 0.3) is 0 Å². The highest BCUT2D eigenvalue weighted by atomic mass is 19.4. The van der Waals surface area contributed by atoms with Gasteiger partial charge in [0.05, 0.1) is 32.0 Å². The van der Waals surface area contributed by atoms with Crippen LogP contribution in [0.4, 0.5) is 18.9 Å². The van der Waals surface area contributed by atoms with Gasteiger partial charge in [0.15, 0.2) is 0 Å². The Morgan fingerprint density at radius 3 is 2.31 bits per heavy atom. The molecule has 36 heavy (non-hydrogen) atoms. The van der Waals surface area contributed by atoms with Crippen molar-refractivity contribution in [2.75, 3.05) is 32.6 Å². The van der Waals surface area contributed by atoms with Gasteiger partial charge in [-0.05, 0) is 32.9 Å². The van der Waals surface area contributed by atoms with E-state index in [9.17, 15) is 13.2 Å². The Bertz CT molecular complexity index is 1120. The topological polar surface area (TPSA) is 81.1 Å². The molecule has 0 radical (unpaired) electrons. The summed E-state index contributed by atoms with van der Waals surface area (Å²) in [5, 5.41) is 2.96. The summed E-state index contributed by atoms with van der Waals surface area (Å²) in [7, 11) is 2.79. The number of benzene rings is 1. The minimum atomic E-state index is -4.52. The molecule has 1 aliphatic rings. The van der Waals surface area contributed by atoms with Gasteiger partial charge in [0.2, 0.25) is 0 Å². The molecule has 194 valence electrons.